The number of fused-ring (bicyclic) bond motifs is 2. The summed E-state index contributed by atoms with van der Waals surface area (Å²) in [6, 6.07) is 10.2. The quantitative estimate of drug-likeness (QED) is 0.510. The van der Waals surface area contributed by atoms with Gasteiger partial charge in [0.15, 0.2) is 0 Å². The van der Waals surface area contributed by atoms with Crippen molar-refractivity contribution in [2.45, 2.75) is 12.3 Å². The molecular formula is C21H20N4O5. The van der Waals surface area contributed by atoms with Gasteiger partial charge in [0.25, 0.3) is 5.56 Å². The molecule has 1 aromatic carbocycles. The van der Waals surface area contributed by atoms with Crippen LogP contribution in [0.15, 0.2) is 52.2 Å². The molecular weight excluding hydrogens is 388 g/mol. The van der Waals surface area contributed by atoms with E-state index in [0.29, 0.717) is 22.2 Å². The maximum Gasteiger partial charge on any atom is 0.328 e. The van der Waals surface area contributed by atoms with Crippen LogP contribution in [0, 0.1) is 0 Å². The highest BCUT2D eigenvalue weighted by Crippen LogP contribution is 2.32. The van der Waals surface area contributed by atoms with Crippen molar-refractivity contribution in [2.24, 2.45) is 14.1 Å². The summed E-state index contributed by atoms with van der Waals surface area (Å²) in [4.78, 5) is 41.7. The maximum atomic E-state index is 13.2. The predicted molar refractivity (Wildman–Crippen MR) is 110 cm³/mol. The zero-order valence-corrected chi connectivity index (χ0v) is 16.7. The van der Waals surface area contributed by atoms with Gasteiger partial charge in [-0.05, 0) is 29.8 Å². The highest BCUT2D eigenvalue weighted by atomic mass is 16.5. The molecule has 0 fully saturated rings. The Morgan fingerprint density at radius 2 is 1.87 bits per heavy atom. The summed E-state index contributed by atoms with van der Waals surface area (Å²) >= 11 is 0. The van der Waals surface area contributed by atoms with Crippen molar-refractivity contribution in [1.82, 2.24) is 18.5 Å². The van der Waals surface area contributed by atoms with E-state index < -0.39 is 23.3 Å². The summed E-state index contributed by atoms with van der Waals surface area (Å²) < 4.78 is 9.13. The number of hydrogen-bond donors (Lipinski definition) is 1. The standard InChI is InChI=1S/C21H20N4O5/c1-23-14-8-7-12(10-15(14)24(2)21(23)29)13(11-17(26)30-3)18-19(27)22-16-6-4-5-9-25(16)20(18)28/h4-10,13,27H,11H2,1-3H3/t13-/m0/s1. The molecule has 0 aliphatic heterocycles. The molecule has 0 amide bonds. The lowest BCUT2D eigenvalue weighted by Gasteiger charge is -2.18. The summed E-state index contributed by atoms with van der Waals surface area (Å²) in [5, 5.41) is 10.6. The average molecular weight is 408 g/mol. The molecule has 0 aliphatic rings. The van der Waals surface area contributed by atoms with E-state index >= 15 is 0 Å². The molecule has 0 unspecified atom stereocenters. The number of ether oxygens (including phenoxy) is 1. The van der Waals surface area contributed by atoms with Crippen LogP contribution < -0.4 is 11.2 Å². The SMILES string of the molecule is COC(=O)C[C@@H](c1ccc2c(c1)n(C)c(=O)n2C)c1c(O)nc2ccccn2c1=O. The number of benzene rings is 1. The summed E-state index contributed by atoms with van der Waals surface area (Å²) in [6.45, 7) is 0. The maximum absolute atomic E-state index is 13.2. The molecule has 4 aromatic rings. The van der Waals surface area contributed by atoms with E-state index in [-0.39, 0.29) is 17.7 Å². The summed E-state index contributed by atoms with van der Waals surface area (Å²) in [7, 11) is 4.57. The summed E-state index contributed by atoms with van der Waals surface area (Å²) in [5.41, 5.74) is 1.55. The minimum atomic E-state index is -0.811. The van der Waals surface area contributed by atoms with E-state index in [1.165, 1.54) is 20.6 Å². The fraction of sp³-hybridized carbons (Fsp3) is 0.238. The second-order valence-corrected chi connectivity index (χ2v) is 7.06. The number of nitrogens with zero attached hydrogens (tertiary/aromatic N) is 4. The number of carbonyl (C=O) groups excluding carboxylic acids is 1. The van der Waals surface area contributed by atoms with Gasteiger partial charge in [0, 0.05) is 26.2 Å². The zero-order chi connectivity index (χ0) is 21.6. The third-order valence-electron chi connectivity index (χ3n) is 5.39. The minimum absolute atomic E-state index is 0.00983. The number of hydrogen-bond acceptors (Lipinski definition) is 6. The lowest BCUT2D eigenvalue weighted by atomic mass is 9.89. The van der Waals surface area contributed by atoms with E-state index in [4.69, 9.17) is 4.74 Å². The molecule has 1 atom stereocenters. The van der Waals surface area contributed by atoms with E-state index in [1.807, 2.05) is 0 Å². The Bertz CT molecular complexity index is 1410. The number of imidazole rings is 1. The number of carbonyl (C=O) groups is 1. The molecule has 30 heavy (non-hydrogen) atoms. The Hall–Kier alpha value is -3.88. The molecule has 1 N–H and O–H groups in total. The van der Waals surface area contributed by atoms with Crippen LogP contribution in [0.5, 0.6) is 5.88 Å². The number of rotatable bonds is 4. The first-order valence-corrected chi connectivity index (χ1v) is 9.26. The second-order valence-electron chi connectivity index (χ2n) is 7.06. The monoisotopic (exact) mass is 408 g/mol. The fourth-order valence-corrected chi connectivity index (χ4v) is 3.77. The molecule has 3 aromatic heterocycles. The number of aryl methyl sites for hydroxylation is 2. The van der Waals surface area contributed by atoms with Gasteiger partial charge in [-0.25, -0.2) is 4.79 Å². The van der Waals surface area contributed by atoms with Crippen LogP contribution in [0.25, 0.3) is 16.7 Å². The van der Waals surface area contributed by atoms with Crippen molar-refractivity contribution in [3.8, 4) is 5.88 Å². The van der Waals surface area contributed by atoms with Gasteiger partial charge in [-0.3, -0.25) is 23.1 Å². The first kappa shape index (κ1) is 19.4. The van der Waals surface area contributed by atoms with Gasteiger partial charge < -0.3 is 9.84 Å². The average Bonchev–Trinajstić information content (AvgIpc) is 2.96. The van der Waals surface area contributed by atoms with Crippen LogP contribution in [0.2, 0.25) is 0 Å². The normalized spacial score (nSPS) is 12.4. The summed E-state index contributed by atoms with van der Waals surface area (Å²) in [6.07, 6.45) is 1.37. The Morgan fingerprint density at radius 1 is 1.13 bits per heavy atom. The van der Waals surface area contributed by atoms with Crippen LogP contribution in [0.4, 0.5) is 0 Å². The Kier molecular flexibility index (Phi) is 4.65. The Morgan fingerprint density at radius 3 is 2.60 bits per heavy atom. The van der Waals surface area contributed by atoms with Gasteiger partial charge in [0.05, 0.1) is 30.1 Å². The minimum Gasteiger partial charge on any atom is -0.493 e. The van der Waals surface area contributed by atoms with Gasteiger partial charge >= 0.3 is 11.7 Å². The third-order valence-corrected chi connectivity index (χ3v) is 5.39. The van der Waals surface area contributed by atoms with Crippen LogP contribution >= 0.6 is 0 Å². The van der Waals surface area contributed by atoms with Crippen molar-refractivity contribution in [1.29, 1.82) is 0 Å². The number of pyridine rings is 1. The van der Waals surface area contributed by atoms with Crippen LogP contribution in [0.1, 0.15) is 23.5 Å². The molecule has 154 valence electrons. The molecule has 0 saturated heterocycles. The van der Waals surface area contributed by atoms with Gasteiger partial charge in [-0.1, -0.05) is 12.1 Å². The predicted octanol–water partition coefficient (Wildman–Crippen LogP) is 1.29. The zero-order valence-electron chi connectivity index (χ0n) is 16.7. The van der Waals surface area contributed by atoms with Crippen LogP contribution in [-0.2, 0) is 23.6 Å². The van der Waals surface area contributed by atoms with Crippen molar-refractivity contribution >= 4 is 22.6 Å². The van der Waals surface area contributed by atoms with Crippen molar-refractivity contribution in [3.05, 3.63) is 74.6 Å². The first-order valence-electron chi connectivity index (χ1n) is 9.26. The highest BCUT2D eigenvalue weighted by Gasteiger charge is 2.27. The number of esters is 1. The molecule has 0 bridgehead atoms. The van der Waals surface area contributed by atoms with Crippen molar-refractivity contribution < 1.29 is 14.6 Å². The first-order chi connectivity index (χ1) is 14.3. The molecule has 0 radical (unpaired) electrons. The molecule has 0 spiro atoms. The molecule has 3 heterocycles. The second kappa shape index (κ2) is 7.18. The molecule has 4 rings (SSSR count). The molecule has 9 nitrogen and oxygen atoms in total. The van der Waals surface area contributed by atoms with Crippen LogP contribution in [0.3, 0.4) is 0 Å². The highest BCUT2D eigenvalue weighted by molar-refractivity contribution is 5.78. The summed E-state index contributed by atoms with van der Waals surface area (Å²) in [5.74, 6) is -1.80. The lowest BCUT2D eigenvalue weighted by Crippen LogP contribution is -2.24. The largest absolute Gasteiger partial charge is 0.493 e. The van der Waals surface area contributed by atoms with E-state index in [2.05, 4.69) is 4.98 Å². The van der Waals surface area contributed by atoms with Gasteiger partial charge in [0.1, 0.15) is 5.65 Å². The van der Waals surface area contributed by atoms with Crippen molar-refractivity contribution in [2.75, 3.05) is 7.11 Å². The smallest absolute Gasteiger partial charge is 0.328 e. The van der Waals surface area contributed by atoms with Gasteiger partial charge in [0.2, 0.25) is 5.88 Å². The third kappa shape index (κ3) is 2.95. The Balaban J connectivity index is 1.99. The van der Waals surface area contributed by atoms with Gasteiger partial charge in [-0.2, -0.15) is 4.98 Å². The van der Waals surface area contributed by atoms with Crippen molar-refractivity contribution in [3.63, 3.8) is 0 Å². The topological polar surface area (TPSA) is 108 Å². The number of methoxy groups -OCH3 is 1. The van der Waals surface area contributed by atoms with E-state index in [9.17, 15) is 19.5 Å². The van der Waals surface area contributed by atoms with Gasteiger partial charge in [-0.15, -0.1) is 0 Å². The fourth-order valence-electron chi connectivity index (χ4n) is 3.77. The molecule has 0 saturated carbocycles. The van der Waals surface area contributed by atoms with Crippen LogP contribution in [-0.4, -0.2) is 36.7 Å². The molecule has 0 aliphatic carbocycles. The number of aromatic nitrogens is 4. The lowest BCUT2D eigenvalue weighted by molar-refractivity contribution is -0.140. The molecule has 9 heteroatoms. The number of aromatic hydroxyl groups is 1. The Labute approximate surface area is 170 Å². The van der Waals surface area contributed by atoms with E-state index in [0.717, 1.165) is 0 Å². The van der Waals surface area contributed by atoms with E-state index in [1.54, 1.807) is 56.7 Å².